The van der Waals surface area contributed by atoms with Crippen LogP contribution in [-0.4, -0.2) is 62.7 Å². The van der Waals surface area contributed by atoms with Crippen molar-refractivity contribution >= 4 is 50.9 Å². The largest absolute Gasteiger partial charge is 0.354 e. The molecule has 2 rings (SSSR count). The lowest BCUT2D eigenvalue weighted by molar-refractivity contribution is -0.139. The van der Waals surface area contributed by atoms with Crippen molar-refractivity contribution in [3.63, 3.8) is 0 Å². The topological polar surface area (TPSA) is 90.0 Å². The van der Waals surface area contributed by atoms with Crippen molar-refractivity contribution in [2.75, 3.05) is 31.5 Å². The Balaban J connectivity index is 2.49. The minimum atomic E-state index is -4.03. The van der Waals surface area contributed by atoms with Gasteiger partial charge in [-0.25, -0.2) is 4.31 Å². The minimum absolute atomic E-state index is 0.0424. The number of carbonyl (C=O) groups excluding carboxylic acids is 2. The fourth-order valence-electron chi connectivity index (χ4n) is 3.64. The van der Waals surface area contributed by atoms with Gasteiger partial charge in [0.1, 0.15) is 12.6 Å². The number of amides is 2. The number of benzene rings is 2. The van der Waals surface area contributed by atoms with Gasteiger partial charge in [0.2, 0.25) is 11.8 Å². The molecule has 0 fully saturated rings. The van der Waals surface area contributed by atoms with E-state index in [4.69, 9.17) is 23.2 Å². The second-order valence-electron chi connectivity index (χ2n) is 9.18. The molecule has 37 heavy (non-hydrogen) atoms. The Morgan fingerprint density at radius 1 is 1.03 bits per heavy atom. The highest BCUT2D eigenvalue weighted by Crippen LogP contribution is 2.27. The van der Waals surface area contributed by atoms with Gasteiger partial charge in [-0.2, -0.15) is 12.7 Å². The molecule has 2 aromatic carbocycles. The van der Waals surface area contributed by atoms with Gasteiger partial charge in [-0.3, -0.25) is 9.59 Å². The standard InChI is InChI=1S/C26H36Cl2N4O4S/c1-7-8-13-29-26(34)20(4)31(16-21-11-12-22(27)23(28)15-21)25(33)17-32(37(35,36)30(5)6)24-14-18(2)9-10-19(24)3/h9-12,14-15,20H,7-8,13,16-17H2,1-6H3,(H,29,34)/t20-/m0/s1. The molecule has 0 aliphatic rings. The molecule has 2 aromatic rings. The third kappa shape index (κ3) is 8.07. The maximum absolute atomic E-state index is 13.8. The molecule has 0 spiro atoms. The summed E-state index contributed by atoms with van der Waals surface area (Å²) in [5, 5.41) is 3.54. The molecule has 0 aliphatic carbocycles. The molecule has 11 heteroatoms. The van der Waals surface area contributed by atoms with Crippen LogP contribution in [0.1, 0.15) is 43.4 Å². The number of rotatable bonds is 12. The lowest BCUT2D eigenvalue weighted by Crippen LogP contribution is -2.52. The zero-order valence-electron chi connectivity index (χ0n) is 22.2. The molecule has 0 aromatic heterocycles. The molecular formula is C26H36Cl2N4O4S. The number of anilines is 1. The van der Waals surface area contributed by atoms with E-state index in [2.05, 4.69) is 5.32 Å². The molecule has 0 aliphatic heterocycles. The van der Waals surface area contributed by atoms with Crippen molar-refractivity contribution in [3.05, 3.63) is 63.1 Å². The van der Waals surface area contributed by atoms with Gasteiger partial charge in [0, 0.05) is 27.2 Å². The SMILES string of the molecule is CCCCNC(=O)[C@H](C)N(Cc1ccc(Cl)c(Cl)c1)C(=O)CN(c1cc(C)ccc1C)S(=O)(=O)N(C)C. The number of nitrogens with zero attached hydrogens (tertiary/aromatic N) is 3. The third-order valence-corrected chi connectivity index (χ3v) is 8.53. The summed E-state index contributed by atoms with van der Waals surface area (Å²) in [5.41, 5.74) is 2.61. The van der Waals surface area contributed by atoms with Gasteiger partial charge in [-0.1, -0.05) is 54.7 Å². The lowest BCUT2D eigenvalue weighted by Gasteiger charge is -2.33. The van der Waals surface area contributed by atoms with Gasteiger partial charge < -0.3 is 10.2 Å². The molecule has 0 radical (unpaired) electrons. The minimum Gasteiger partial charge on any atom is -0.354 e. The van der Waals surface area contributed by atoms with E-state index in [0.29, 0.717) is 33.4 Å². The lowest BCUT2D eigenvalue weighted by atomic mass is 10.1. The first-order valence-corrected chi connectivity index (χ1v) is 14.2. The average molecular weight is 572 g/mol. The van der Waals surface area contributed by atoms with E-state index in [1.165, 1.54) is 19.0 Å². The second-order valence-corrected chi connectivity index (χ2v) is 12.1. The molecule has 0 saturated heterocycles. The number of hydrogen-bond donors (Lipinski definition) is 1. The molecular weight excluding hydrogens is 535 g/mol. The van der Waals surface area contributed by atoms with Crippen LogP contribution in [0.15, 0.2) is 36.4 Å². The van der Waals surface area contributed by atoms with E-state index in [9.17, 15) is 18.0 Å². The van der Waals surface area contributed by atoms with E-state index < -0.39 is 28.7 Å². The van der Waals surface area contributed by atoms with Gasteiger partial charge in [0.25, 0.3) is 0 Å². The van der Waals surface area contributed by atoms with Crippen LogP contribution >= 0.6 is 23.2 Å². The summed E-state index contributed by atoms with van der Waals surface area (Å²) in [6.07, 6.45) is 1.72. The first-order valence-electron chi connectivity index (χ1n) is 12.1. The zero-order valence-corrected chi connectivity index (χ0v) is 24.5. The Morgan fingerprint density at radius 3 is 2.30 bits per heavy atom. The number of nitrogens with one attached hydrogen (secondary N) is 1. The highest BCUT2D eigenvalue weighted by molar-refractivity contribution is 7.90. The van der Waals surface area contributed by atoms with Crippen molar-refractivity contribution in [2.24, 2.45) is 0 Å². The van der Waals surface area contributed by atoms with Crippen LogP contribution in [0.25, 0.3) is 0 Å². The number of halogens is 2. The average Bonchev–Trinajstić information content (AvgIpc) is 2.84. The van der Waals surface area contributed by atoms with E-state index in [0.717, 1.165) is 27.0 Å². The Morgan fingerprint density at radius 2 is 1.70 bits per heavy atom. The van der Waals surface area contributed by atoms with Crippen LogP contribution in [0, 0.1) is 13.8 Å². The first-order chi connectivity index (χ1) is 17.3. The predicted molar refractivity (Wildman–Crippen MR) is 150 cm³/mol. The van der Waals surface area contributed by atoms with Crippen molar-refractivity contribution in [2.45, 2.75) is 53.1 Å². The quantitative estimate of drug-likeness (QED) is 0.379. The smallest absolute Gasteiger partial charge is 0.304 e. The first kappa shape index (κ1) is 30.9. The Bertz CT molecular complexity index is 1220. The summed E-state index contributed by atoms with van der Waals surface area (Å²) in [6, 6.07) is 9.52. The van der Waals surface area contributed by atoms with Crippen LogP contribution < -0.4 is 9.62 Å². The normalized spacial score (nSPS) is 12.4. The van der Waals surface area contributed by atoms with Crippen LogP contribution in [0.4, 0.5) is 5.69 Å². The molecule has 1 N–H and O–H groups in total. The maximum Gasteiger partial charge on any atom is 0.304 e. The van der Waals surface area contributed by atoms with Crippen molar-refractivity contribution in [1.29, 1.82) is 0 Å². The van der Waals surface area contributed by atoms with Gasteiger partial charge in [-0.05, 0) is 62.1 Å². The highest BCUT2D eigenvalue weighted by atomic mass is 35.5. The van der Waals surface area contributed by atoms with Crippen LogP contribution in [0.2, 0.25) is 10.0 Å². The number of aryl methyl sites for hydroxylation is 2. The predicted octanol–water partition coefficient (Wildman–Crippen LogP) is 4.56. The van der Waals surface area contributed by atoms with Crippen LogP contribution in [0.5, 0.6) is 0 Å². The third-order valence-electron chi connectivity index (χ3n) is 5.99. The molecule has 8 nitrogen and oxygen atoms in total. The Kier molecular flexibility index (Phi) is 11.2. The molecule has 0 heterocycles. The maximum atomic E-state index is 13.8. The van der Waals surface area contributed by atoms with E-state index in [-0.39, 0.29) is 12.5 Å². The van der Waals surface area contributed by atoms with Crippen molar-refractivity contribution < 1.29 is 18.0 Å². The molecule has 0 bridgehead atoms. The Hall–Kier alpha value is -2.33. The highest BCUT2D eigenvalue weighted by Gasteiger charge is 2.33. The fraction of sp³-hybridized carbons (Fsp3) is 0.462. The number of hydrogen-bond acceptors (Lipinski definition) is 4. The molecule has 0 unspecified atom stereocenters. The van der Waals surface area contributed by atoms with Crippen molar-refractivity contribution in [3.8, 4) is 0 Å². The molecule has 2 amide bonds. The second kappa shape index (κ2) is 13.5. The van der Waals surface area contributed by atoms with Crippen molar-refractivity contribution in [1.82, 2.24) is 14.5 Å². The summed E-state index contributed by atoms with van der Waals surface area (Å²) < 4.78 is 28.8. The molecule has 1 atom stereocenters. The Labute approximate surface area is 230 Å². The van der Waals surface area contributed by atoms with Gasteiger partial charge in [0.05, 0.1) is 15.7 Å². The van der Waals surface area contributed by atoms with Crippen LogP contribution in [0.3, 0.4) is 0 Å². The van der Waals surface area contributed by atoms with E-state index in [1.54, 1.807) is 38.1 Å². The monoisotopic (exact) mass is 570 g/mol. The zero-order chi connectivity index (χ0) is 27.9. The fourth-order valence-corrected chi connectivity index (χ4v) is 5.08. The van der Waals surface area contributed by atoms with Gasteiger partial charge >= 0.3 is 10.2 Å². The summed E-state index contributed by atoms with van der Waals surface area (Å²) in [5.74, 6) is -0.855. The molecule has 0 saturated carbocycles. The van der Waals surface area contributed by atoms with Gasteiger partial charge in [-0.15, -0.1) is 0 Å². The van der Waals surface area contributed by atoms with E-state index in [1.807, 2.05) is 26.0 Å². The summed E-state index contributed by atoms with van der Waals surface area (Å²) >= 11 is 12.2. The van der Waals surface area contributed by atoms with Gasteiger partial charge in [0.15, 0.2) is 0 Å². The summed E-state index contributed by atoms with van der Waals surface area (Å²) in [6.45, 7) is 7.32. The molecule has 204 valence electrons. The summed E-state index contributed by atoms with van der Waals surface area (Å²) in [7, 11) is -1.20. The number of carbonyl (C=O) groups is 2. The number of unbranched alkanes of at least 4 members (excludes halogenated alkanes) is 1. The summed E-state index contributed by atoms with van der Waals surface area (Å²) in [4.78, 5) is 28.1. The van der Waals surface area contributed by atoms with Crippen LogP contribution in [-0.2, 0) is 26.3 Å². The van der Waals surface area contributed by atoms with E-state index >= 15 is 0 Å².